The summed E-state index contributed by atoms with van der Waals surface area (Å²) in [6.07, 6.45) is 0. The highest BCUT2D eigenvalue weighted by Gasteiger charge is 2.22. The number of benzene rings is 2. The molecule has 28 heavy (non-hydrogen) atoms. The Bertz CT molecular complexity index is 992. The number of hydrogen-bond donors (Lipinski definition) is 0. The van der Waals surface area contributed by atoms with Gasteiger partial charge in [-0.15, -0.1) is 10.2 Å². The predicted octanol–water partition coefficient (Wildman–Crippen LogP) is 5.91. The first kappa shape index (κ1) is 19.7. The summed E-state index contributed by atoms with van der Waals surface area (Å²) in [5.41, 5.74) is 3.67. The molecule has 0 bridgehead atoms. The van der Waals surface area contributed by atoms with Crippen LogP contribution in [0.25, 0.3) is 22.9 Å². The maximum absolute atomic E-state index is 11.0. The molecule has 1 heterocycles. The summed E-state index contributed by atoms with van der Waals surface area (Å²) in [7, 11) is 0. The van der Waals surface area contributed by atoms with Gasteiger partial charge in [-0.3, -0.25) is 10.1 Å². The first-order chi connectivity index (χ1) is 12.9. The second-order valence-electron chi connectivity index (χ2n) is 9.02. The van der Waals surface area contributed by atoms with Crippen LogP contribution in [0.5, 0.6) is 0 Å². The van der Waals surface area contributed by atoms with E-state index in [9.17, 15) is 10.1 Å². The first-order valence-electron chi connectivity index (χ1n) is 9.20. The van der Waals surface area contributed by atoms with Crippen LogP contribution in [0.3, 0.4) is 0 Å². The van der Waals surface area contributed by atoms with Crippen LogP contribution in [0.1, 0.15) is 52.7 Å². The minimum Gasteiger partial charge on any atom is -0.416 e. The molecule has 1 aromatic heterocycles. The number of nitro groups is 1. The van der Waals surface area contributed by atoms with E-state index in [1.807, 2.05) is 0 Å². The van der Waals surface area contributed by atoms with E-state index in [-0.39, 0.29) is 22.4 Å². The summed E-state index contributed by atoms with van der Waals surface area (Å²) >= 11 is 0. The van der Waals surface area contributed by atoms with E-state index in [4.69, 9.17) is 4.42 Å². The molecular weight excluding hydrogens is 354 g/mol. The van der Waals surface area contributed by atoms with Crippen LogP contribution in [-0.4, -0.2) is 15.1 Å². The van der Waals surface area contributed by atoms with Crippen LogP contribution in [0.15, 0.2) is 46.9 Å². The monoisotopic (exact) mass is 379 g/mol. The second kappa shape index (κ2) is 6.86. The van der Waals surface area contributed by atoms with Crippen LogP contribution in [0, 0.1) is 10.1 Å². The molecule has 6 heteroatoms. The molecule has 0 unspecified atom stereocenters. The molecule has 0 aliphatic heterocycles. The molecule has 0 spiro atoms. The molecule has 0 radical (unpaired) electrons. The predicted molar refractivity (Wildman–Crippen MR) is 109 cm³/mol. The Labute approximate surface area is 164 Å². The number of aromatic nitrogens is 2. The first-order valence-corrected chi connectivity index (χ1v) is 9.20. The fourth-order valence-electron chi connectivity index (χ4n) is 2.83. The van der Waals surface area contributed by atoms with Gasteiger partial charge < -0.3 is 4.42 Å². The standard InChI is InChI=1S/C22H25N3O3/c1-21(2,3)16-10-15(11-17(13-16)22(4,5)6)20-24-23-19(28-20)14-8-7-9-18(12-14)25(26)27/h7-13H,1-6H3. The lowest BCUT2D eigenvalue weighted by Gasteiger charge is -2.25. The maximum Gasteiger partial charge on any atom is 0.270 e. The molecule has 0 aliphatic carbocycles. The van der Waals surface area contributed by atoms with Gasteiger partial charge in [0, 0.05) is 23.3 Å². The van der Waals surface area contributed by atoms with Crippen molar-refractivity contribution < 1.29 is 9.34 Å². The lowest BCUT2D eigenvalue weighted by atomic mass is 9.79. The Morgan fingerprint density at radius 3 is 1.86 bits per heavy atom. The highest BCUT2D eigenvalue weighted by Crippen LogP contribution is 2.34. The van der Waals surface area contributed by atoms with E-state index >= 15 is 0 Å². The summed E-state index contributed by atoms with van der Waals surface area (Å²) in [6, 6.07) is 12.6. The Morgan fingerprint density at radius 2 is 1.36 bits per heavy atom. The van der Waals surface area contributed by atoms with Crippen molar-refractivity contribution in [2.45, 2.75) is 52.4 Å². The average Bonchev–Trinajstić information content (AvgIpc) is 3.10. The largest absolute Gasteiger partial charge is 0.416 e. The molecule has 6 nitrogen and oxygen atoms in total. The molecule has 0 amide bonds. The summed E-state index contributed by atoms with van der Waals surface area (Å²) in [5.74, 6) is 0.662. The minimum absolute atomic E-state index is 0.0120. The molecule has 0 N–H and O–H groups in total. The quantitative estimate of drug-likeness (QED) is 0.417. The Balaban J connectivity index is 2.08. The fraction of sp³-hybridized carbons (Fsp3) is 0.364. The van der Waals surface area contributed by atoms with Crippen LogP contribution in [0.4, 0.5) is 5.69 Å². The fourth-order valence-corrected chi connectivity index (χ4v) is 2.83. The van der Waals surface area contributed by atoms with Crippen molar-refractivity contribution >= 4 is 5.69 Å². The van der Waals surface area contributed by atoms with Crippen molar-refractivity contribution in [1.29, 1.82) is 0 Å². The van der Waals surface area contributed by atoms with Crippen molar-refractivity contribution in [3.05, 3.63) is 63.7 Å². The van der Waals surface area contributed by atoms with E-state index in [1.165, 1.54) is 23.3 Å². The zero-order chi connectivity index (χ0) is 20.7. The van der Waals surface area contributed by atoms with Gasteiger partial charge in [-0.25, -0.2) is 0 Å². The highest BCUT2D eigenvalue weighted by molar-refractivity contribution is 5.62. The number of non-ortho nitro benzene ring substituents is 1. The number of hydrogen-bond acceptors (Lipinski definition) is 5. The van der Waals surface area contributed by atoms with Crippen molar-refractivity contribution in [2.75, 3.05) is 0 Å². The third kappa shape index (κ3) is 4.11. The van der Waals surface area contributed by atoms with Gasteiger partial charge in [-0.05, 0) is 40.2 Å². The van der Waals surface area contributed by atoms with Gasteiger partial charge in [0.2, 0.25) is 11.8 Å². The Hall–Kier alpha value is -3.02. The van der Waals surface area contributed by atoms with Crippen LogP contribution in [-0.2, 0) is 10.8 Å². The van der Waals surface area contributed by atoms with E-state index in [1.54, 1.807) is 12.1 Å². The van der Waals surface area contributed by atoms with Gasteiger partial charge in [0.25, 0.3) is 5.69 Å². The average molecular weight is 379 g/mol. The number of nitrogens with zero attached hydrogens (tertiary/aromatic N) is 3. The number of nitro benzene ring substituents is 1. The lowest BCUT2D eigenvalue weighted by molar-refractivity contribution is -0.384. The van der Waals surface area contributed by atoms with E-state index in [0.29, 0.717) is 11.5 Å². The summed E-state index contributed by atoms with van der Waals surface area (Å²) in [6.45, 7) is 13.0. The summed E-state index contributed by atoms with van der Waals surface area (Å²) in [5, 5.41) is 19.3. The molecule has 2 aromatic carbocycles. The van der Waals surface area contributed by atoms with Gasteiger partial charge >= 0.3 is 0 Å². The Kier molecular flexibility index (Phi) is 4.83. The molecule has 3 rings (SSSR count). The Morgan fingerprint density at radius 1 is 0.821 bits per heavy atom. The third-order valence-corrected chi connectivity index (χ3v) is 4.64. The molecule has 0 atom stereocenters. The molecule has 146 valence electrons. The SMILES string of the molecule is CC(C)(C)c1cc(-c2nnc(-c3cccc([N+](=O)[O-])c3)o2)cc(C(C)(C)C)c1. The summed E-state index contributed by atoms with van der Waals surface area (Å²) < 4.78 is 5.88. The lowest BCUT2D eigenvalue weighted by Crippen LogP contribution is -2.16. The smallest absolute Gasteiger partial charge is 0.270 e. The van der Waals surface area contributed by atoms with Gasteiger partial charge in [-0.2, -0.15) is 0 Å². The molecule has 3 aromatic rings. The van der Waals surface area contributed by atoms with Crippen molar-refractivity contribution in [1.82, 2.24) is 10.2 Å². The molecule has 0 saturated heterocycles. The van der Waals surface area contributed by atoms with Gasteiger partial charge in [0.05, 0.1) is 4.92 Å². The van der Waals surface area contributed by atoms with Gasteiger partial charge in [0.15, 0.2) is 0 Å². The highest BCUT2D eigenvalue weighted by atomic mass is 16.6. The third-order valence-electron chi connectivity index (χ3n) is 4.64. The topological polar surface area (TPSA) is 82.1 Å². The van der Waals surface area contributed by atoms with E-state index < -0.39 is 4.92 Å². The number of rotatable bonds is 3. The normalized spacial score (nSPS) is 12.2. The second-order valence-corrected chi connectivity index (χ2v) is 9.02. The zero-order valence-corrected chi connectivity index (χ0v) is 17.1. The van der Waals surface area contributed by atoms with E-state index in [0.717, 1.165) is 5.56 Å². The van der Waals surface area contributed by atoms with Crippen molar-refractivity contribution in [3.8, 4) is 22.9 Å². The van der Waals surface area contributed by atoms with E-state index in [2.05, 4.69) is 69.9 Å². The molecular formula is C22H25N3O3. The summed E-state index contributed by atoms with van der Waals surface area (Å²) in [4.78, 5) is 10.6. The van der Waals surface area contributed by atoms with Crippen LogP contribution < -0.4 is 0 Å². The van der Waals surface area contributed by atoms with Crippen molar-refractivity contribution in [2.24, 2.45) is 0 Å². The maximum atomic E-state index is 11.0. The van der Waals surface area contributed by atoms with Gasteiger partial charge in [-0.1, -0.05) is 53.7 Å². The van der Waals surface area contributed by atoms with Gasteiger partial charge in [0.1, 0.15) is 0 Å². The van der Waals surface area contributed by atoms with Crippen LogP contribution >= 0.6 is 0 Å². The van der Waals surface area contributed by atoms with Crippen LogP contribution in [0.2, 0.25) is 0 Å². The molecule has 0 aliphatic rings. The molecule has 0 saturated carbocycles. The molecule has 0 fully saturated rings. The zero-order valence-electron chi connectivity index (χ0n) is 17.1. The van der Waals surface area contributed by atoms with Crippen molar-refractivity contribution in [3.63, 3.8) is 0 Å². The minimum atomic E-state index is -0.441.